The van der Waals surface area contributed by atoms with Gasteiger partial charge < -0.3 is 0 Å². The van der Waals surface area contributed by atoms with Crippen LogP contribution in [0.5, 0.6) is 0 Å². The lowest BCUT2D eigenvalue weighted by Gasteiger charge is -2.02. The van der Waals surface area contributed by atoms with Crippen molar-refractivity contribution in [1.82, 2.24) is 15.0 Å². The second-order valence-electron chi connectivity index (χ2n) is 3.75. The Balaban J connectivity index is 2.24. The standard InChI is InChI=1S/C12H7ClFN3S/c1-6-15-10(5-18-6)12-16-9-3-2-7(14)4-8(9)11(13)17-12/h2-5H,1H3. The molecule has 1 aromatic carbocycles. The van der Waals surface area contributed by atoms with Crippen molar-refractivity contribution < 1.29 is 4.39 Å². The molecule has 0 saturated heterocycles. The first kappa shape index (κ1) is 11.5. The summed E-state index contributed by atoms with van der Waals surface area (Å²) in [5.74, 6) is 0.105. The van der Waals surface area contributed by atoms with Crippen molar-refractivity contribution in [2.24, 2.45) is 0 Å². The topological polar surface area (TPSA) is 38.7 Å². The zero-order chi connectivity index (χ0) is 12.7. The maximum Gasteiger partial charge on any atom is 0.181 e. The number of rotatable bonds is 1. The number of thiazole rings is 1. The lowest BCUT2D eigenvalue weighted by Crippen LogP contribution is -1.92. The van der Waals surface area contributed by atoms with Crippen LogP contribution in [-0.4, -0.2) is 15.0 Å². The van der Waals surface area contributed by atoms with E-state index in [1.54, 1.807) is 6.07 Å². The number of halogens is 2. The van der Waals surface area contributed by atoms with Crippen LogP contribution in [-0.2, 0) is 0 Å². The summed E-state index contributed by atoms with van der Waals surface area (Å²) in [6, 6.07) is 4.26. The van der Waals surface area contributed by atoms with E-state index in [1.165, 1.54) is 23.5 Å². The summed E-state index contributed by atoms with van der Waals surface area (Å²) in [6.07, 6.45) is 0. The van der Waals surface area contributed by atoms with E-state index >= 15 is 0 Å². The molecule has 0 aliphatic heterocycles. The third-order valence-corrected chi connectivity index (χ3v) is 3.52. The van der Waals surface area contributed by atoms with Crippen LogP contribution in [0.25, 0.3) is 22.4 Å². The molecule has 0 spiro atoms. The number of benzene rings is 1. The number of aryl methyl sites for hydroxylation is 1. The smallest absolute Gasteiger partial charge is 0.181 e. The van der Waals surface area contributed by atoms with Crippen molar-refractivity contribution in [3.8, 4) is 11.5 Å². The molecule has 0 atom stereocenters. The second kappa shape index (κ2) is 4.26. The molecule has 0 aliphatic rings. The molecule has 0 radical (unpaired) electrons. The Morgan fingerprint density at radius 1 is 1.22 bits per heavy atom. The van der Waals surface area contributed by atoms with E-state index in [-0.39, 0.29) is 11.0 Å². The van der Waals surface area contributed by atoms with Crippen LogP contribution in [0.4, 0.5) is 4.39 Å². The quantitative estimate of drug-likeness (QED) is 0.635. The minimum atomic E-state index is -0.356. The lowest BCUT2D eigenvalue weighted by atomic mass is 10.2. The van der Waals surface area contributed by atoms with Crippen LogP contribution in [0.2, 0.25) is 5.15 Å². The predicted molar refractivity (Wildman–Crippen MR) is 70.4 cm³/mol. The van der Waals surface area contributed by atoms with E-state index in [2.05, 4.69) is 15.0 Å². The zero-order valence-electron chi connectivity index (χ0n) is 9.32. The van der Waals surface area contributed by atoms with Crippen LogP contribution < -0.4 is 0 Å². The van der Waals surface area contributed by atoms with Crippen molar-refractivity contribution in [1.29, 1.82) is 0 Å². The molecule has 3 aromatic rings. The van der Waals surface area contributed by atoms with Crippen LogP contribution in [0.1, 0.15) is 5.01 Å². The number of aromatic nitrogens is 3. The molecule has 0 aliphatic carbocycles. The van der Waals surface area contributed by atoms with Crippen LogP contribution in [0, 0.1) is 12.7 Å². The molecule has 18 heavy (non-hydrogen) atoms. The van der Waals surface area contributed by atoms with Gasteiger partial charge in [0.2, 0.25) is 0 Å². The lowest BCUT2D eigenvalue weighted by molar-refractivity contribution is 0.629. The third kappa shape index (κ3) is 1.95. The molecule has 3 rings (SSSR count). The average Bonchev–Trinajstić information content (AvgIpc) is 2.77. The van der Waals surface area contributed by atoms with Crippen molar-refractivity contribution in [2.75, 3.05) is 0 Å². The van der Waals surface area contributed by atoms with Gasteiger partial charge in [0.15, 0.2) is 5.82 Å². The summed E-state index contributed by atoms with van der Waals surface area (Å²) in [6.45, 7) is 1.91. The largest absolute Gasteiger partial charge is 0.238 e. The van der Waals surface area contributed by atoms with Gasteiger partial charge in [-0.2, -0.15) is 0 Å². The number of hydrogen-bond donors (Lipinski definition) is 0. The van der Waals surface area contributed by atoms with Crippen molar-refractivity contribution >= 4 is 33.8 Å². The Morgan fingerprint density at radius 3 is 2.78 bits per heavy atom. The fourth-order valence-electron chi connectivity index (χ4n) is 1.64. The first-order chi connectivity index (χ1) is 8.63. The molecule has 0 bridgehead atoms. The molecule has 0 N–H and O–H groups in total. The van der Waals surface area contributed by atoms with Crippen molar-refractivity contribution in [3.05, 3.63) is 39.6 Å². The number of hydrogen-bond acceptors (Lipinski definition) is 4. The highest BCUT2D eigenvalue weighted by Gasteiger charge is 2.10. The summed E-state index contributed by atoms with van der Waals surface area (Å²) >= 11 is 7.57. The Labute approximate surface area is 111 Å². The Kier molecular flexibility index (Phi) is 2.72. The second-order valence-corrected chi connectivity index (χ2v) is 5.17. The summed E-state index contributed by atoms with van der Waals surface area (Å²) in [5, 5.41) is 3.55. The molecular formula is C12H7ClFN3S. The van der Waals surface area contributed by atoms with Gasteiger partial charge in [-0.25, -0.2) is 19.3 Å². The third-order valence-electron chi connectivity index (χ3n) is 2.46. The van der Waals surface area contributed by atoms with Gasteiger partial charge in [-0.3, -0.25) is 0 Å². The van der Waals surface area contributed by atoms with E-state index in [9.17, 15) is 4.39 Å². The van der Waals surface area contributed by atoms with Gasteiger partial charge in [0.1, 0.15) is 16.7 Å². The van der Waals surface area contributed by atoms with Gasteiger partial charge >= 0.3 is 0 Å². The molecular weight excluding hydrogens is 273 g/mol. The molecule has 3 nitrogen and oxygen atoms in total. The Bertz CT molecular complexity index is 741. The van der Waals surface area contributed by atoms with Gasteiger partial charge in [0, 0.05) is 10.8 Å². The highest BCUT2D eigenvalue weighted by Crippen LogP contribution is 2.26. The maximum atomic E-state index is 13.1. The summed E-state index contributed by atoms with van der Waals surface area (Å²) < 4.78 is 13.1. The van der Waals surface area contributed by atoms with E-state index in [1.807, 2.05) is 12.3 Å². The van der Waals surface area contributed by atoms with Gasteiger partial charge in [-0.15, -0.1) is 11.3 Å². The Morgan fingerprint density at radius 2 is 2.06 bits per heavy atom. The van der Waals surface area contributed by atoms with Crippen LogP contribution in [0.3, 0.4) is 0 Å². The summed E-state index contributed by atoms with van der Waals surface area (Å²) in [5.41, 5.74) is 1.29. The van der Waals surface area contributed by atoms with E-state index in [0.29, 0.717) is 22.4 Å². The monoisotopic (exact) mass is 279 g/mol. The highest BCUT2D eigenvalue weighted by atomic mass is 35.5. The molecule has 0 amide bonds. The molecule has 0 unspecified atom stereocenters. The maximum absolute atomic E-state index is 13.1. The number of nitrogens with zero attached hydrogens (tertiary/aromatic N) is 3. The van der Waals surface area contributed by atoms with Crippen molar-refractivity contribution in [3.63, 3.8) is 0 Å². The summed E-state index contributed by atoms with van der Waals surface area (Å²) in [4.78, 5) is 12.8. The van der Waals surface area contributed by atoms with Crippen LogP contribution in [0.15, 0.2) is 23.6 Å². The minimum Gasteiger partial charge on any atom is -0.238 e. The first-order valence-corrected chi connectivity index (χ1v) is 6.44. The van der Waals surface area contributed by atoms with E-state index in [0.717, 1.165) is 5.01 Å². The SMILES string of the molecule is Cc1nc(-c2nc(Cl)c3cc(F)ccc3n2)cs1. The van der Waals surface area contributed by atoms with Gasteiger partial charge in [-0.1, -0.05) is 11.6 Å². The zero-order valence-corrected chi connectivity index (χ0v) is 10.9. The van der Waals surface area contributed by atoms with Crippen LogP contribution >= 0.6 is 22.9 Å². The van der Waals surface area contributed by atoms with Gasteiger partial charge in [-0.05, 0) is 25.1 Å². The van der Waals surface area contributed by atoms with Gasteiger partial charge in [0.25, 0.3) is 0 Å². The highest BCUT2D eigenvalue weighted by molar-refractivity contribution is 7.09. The number of fused-ring (bicyclic) bond motifs is 1. The van der Waals surface area contributed by atoms with Crippen molar-refractivity contribution in [2.45, 2.75) is 6.92 Å². The first-order valence-electron chi connectivity index (χ1n) is 5.19. The van der Waals surface area contributed by atoms with Gasteiger partial charge in [0.05, 0.1) is 10.5 Å². The minimum absolute atomic E-state index is 0.236. The van der Waals surface area contributed by atoms with E-state index < -0.39 is 0 Å². The average molecular weight is 280 g/mol. The molecule has 0 fully saturated rings. The Hall–Kier alpha value is -1.59. The predicted octanol–water partition coefficient (Wildman–Crippen LogP) is 3.85. The molecule has 2 heterocycles. The van der Waals surface area contributed by atoms with E-state index in [4.69, 9.17) is 11.6 Å². The normalized spacial score (nSPS) is 11.1. The molecule has 0 saturated carbocycles. The molecule has 2 aromatic heterocycles. The molecule has 6 heteroatoms. The fraction of sp³-hybridized carbons (Fsp3) is 0.0833. The fourth-order valence-corrected chi connectivity index (χ4v) is 2.47. The molecule has 90 valence electrons. The summed E-state index contributed by atoms with van der Waals surface area (Å²) in [7, 11) is 0.